The van der Waals surface area contributed by atoms with Crippen molar-refractivity contribution in [3.05, 3.63) is 94.0 Å². The summed E-state index contributed by atoms with van der Waals surface area (Å²) in [6.07, 6.45) is -0.774. The van der Waals surface area contributed by atoms with E-state index in [-0.39, 0.29) is 13.2 Å². The van der Waals surface area contributed by atoms with Crippen LogP contribution >= 0.6 is 23.2 Å². The summed E-state index contributed by atoms with van der Waals surface area (Å²) in [7, 11) is 0. The van der Waals surface area contributed by atoms with Gasteiger partial charge in [-0.1, -0.05) is 47.5 Å². The molecular formula is C23H21Cl2N3O2. The van der Waals surface area contributed by atoms with E-state index in [1.54, 1.807) is 28.8 Å². The highest BCUT2D eigenvalue weighted by Crippen LogP contribution is 2.18. The number of fused-ring (bicyclic) bond motifs is 1. The van der Waals surface area contributed by atoms with Crippen LogP contribution < -0.4 is 10.4 Å². The van der Waals surface area contributed by atoms with Crippen molar-refractivity contribution in [1.82, 2.24) is 9.13 Å². The largest absolute Gasteiger partial charge is 0.491 e. The predicted octanol–water partition coefficient (Wildman–Crippen LogP) is 4.72. The van der Waals surface area contributed by atoms with Crippen LogP contribution in [0.25, 0.3) is 11.0 Å². The molecule has 0 amide bonds. The smallest absolute Gasteiger partial charge is 0.203 e. The molecule has 0 aliphatic heterocycles. The number of imidazole rings is 1. The van der Waals surface area contributed by atoms with E-state index >= 15 is 0 Å². The summed E-state index contributed by atoms with van der Waals surface area (Å²) >= 11 is 11.9. The lowest BCUT2D eigenvalue weighted by Crippen LogP contribution is -2.31. The Labute approximate surface area is 184 Å². The van der Waals surface area contributed by atoms with Crippen molar-refractivity contribution in [3.8, 4) is 5.75 Å². The first kappa shape index (κ1) is 20.5. The molecule has 7 heteroatoms. The minimum Gasteiger partial charge on any atom is -0.491 e. The molecule has 0 spiro atoms. The van der Waals surface area contributed by atoms with Crippen LogP contribution in [0, 0.1) is 5.41 Å². The van der Waals surface area contributed by atoms with Crippen LogP contribution in [-0.2, 0) is 13.1 Å². The number of aliphatic hydroxyl groups excluding tert-OH is 1. The summed E-state index contributed by atoms with van der Waals surface area (Å²) in [4.78, 5) is 0. The van der Waals surface area contributed by atoms with Gasteiger partial charge in [0, 0.05) is 10.0 Å². The number of ether oxygens (including phenoxy) is 1. The zero-order chi connectivity index (χ0) is 21.1. The van der Waals surface area contributed by atoms with Crippen molar-refractivity contribution in [2.45, 2.75) is 19.2 Å². The van der Waals surface area contributed by atoms with E-state index in [9.17, 15) is 5.11 Å². The molecule has 4 aromatic rings. The van der Waals surface area contributed by atoms with Gasteiger partial charge in [0.25, 0.3) is 0 Å². The SMILES string of the molecule is N=c1n(Cc2ccc(Cl)cc2)c2ccccc2n1C[C@@H](O)COc1ccc(Cl)cc1. The molecule has 5 nitrogen and oxygen atoms in total. The van der Waals surface area contributed by atoms with Crippen molar-refractivity contribution in [2.24, 2.45) is 0 Å². The minimum atomic E-state index is -0.774. The molecule has 0 saturated carbocycles. The van der Waals surface area contributed by atoms with Crippen molar-refractivity contribution >= 4 is 34.2 Å². The molecule has 2 N–H and O–H groups in total. The number of rotatable bonds is 7. The standard InChI is InChI=1S/C23H21Cl2N3O2/c24-17-7-5-16(6-8-17)13-27-21-3-1-2-4-22(21)28(23(27)26)14-19(29)15-30-20-11-9-18(25)10-12-20/h1-12,19,26,29H,13-15H2/t19-/m1/s1. The number of benzene rings is 3. The Balaban J connectivity index is 1.56. The molecule has 0 bridgehead atoms. The number of aliphatic hydroxyl groups is 1. The van der Waals surface area contributed by atoms with Crippen LogP contribution in [0.3, 0.4) is 0 Å². The van der Waals surface area contributed by atoms with Gasteiger partial charge in [-0.15, -0.1) is 0 Å². The van der Waals surface area contributed by atoms with Gasteiger partial charge in [-0.2, -0.15) is 0 Å². The minimum absolute atomic E-state index is 0.116. The summed E-state index contributed by atoms with van der Waals surface area (Å²) in [5.41, 5.74) is 3.19. The highest BCUT2D eigenvalue weighted by atomic mass is 35.5. The fraction of sp³-hybridized carbons (Fsp3) is 0.174. The highest BCUT2D eigenvalue weighted by Gasteiger charge is 2.15. The summed E-state index contributed by atoms with van der Waals surface area (Å²) in [5, 5.41) is 20.6. The number of hydrogen-bond acceptors (Lipinski definition) is 3. The van der Waals surface area contributed by atoms with E-state index in [4.69, 9.17) is 33.3 Å². The van der Waals surface area contributed by atoms with Crippen LogP contribution in [0.5, 0.6) is 5.75 Å². The third-order valence-corrected chi connectivity index (χ3v) is 5.38. The second-order valence-electron chi connectivity index (χ2n) is 7.05. The normalized spacial score (nSPS) is 12.2. The van der Waals surface area contributed by atoms with E-state index in [1.807, 2.05) is 53.1 Å². The molecule has 3 aromatic carbocycles. The lowest BCUT2D eigenvalue weighted by Gasteiger charge is -2.14. The number of nitrogens with zero attached hydrogens (tertiary/aromatic N) is 2. The second-order valence-corrected chi connectivity index (χ2v) is 7.93. The molecule has 154 valence electrons. The molecule has 1 atom stereocenters. The molecule has 1 heterocycles. The maximum atomic E-state index is 10.6. The first-order valence-electron chi connectivity index (χ1n) is 9.55. The van der Waals surface area contributed by atoms with Gasteiger partial charge in [0.05, 0.1) is 24.1 Å². The van der Waals surface area contributed by atoms with E-state index in [0.29, 0.717) is 28.0 Å². The van der Waals surface area contributed by atoms with Gasteiger partial charge in [-0.05, 0) is 54.1 Å². The van der Waals surface area contributed by atoms with Crippen molar-refractivity contribution in [2.75, 3.05) is 6.61 Å². The summed E-state index contributed by atoms with van der Waals surface area (Å²) in [6, 6.07) is 22.4. The molecule has 4 rings (SSSR count). The second kappa shape index (κ2) is 8.96. The Morgan fingerprint density at radius 1 is 0.833 bits per heavy atom. The van der Waals surface area contributed by atoms with E-state index in [2.05, 4.69) is 0 Å². The monoisotopic (exact) mass is 441 g/mol. The quantitative estimate of drug-likeness (QED) is 0.435. The van der Waals surface area contributed by atoms with Crippen LogP contribution in [0.15, 0.2) is 72.8 Å². The number of para-hydroxylation sites is 2. The predicted molar refractivity (Wildman–Crippen MR) is 119 cm³/mol. The Bertz CT molecular complexity index is 1200. The zero-order valence-electron chi connectivity index (χ0n) is 16.1. The summed E-state index contributed by atoms with van der Waals surface area (Å²) in [6.45, 7) is 0.909. The molecule has 0 saturated heterocycles. The first-order chi connectivity index (χ1) is 14.5. The summed E-state index contributed by atoms with van der Waals surface area (Å²) in [5.74, 6) is 0.639. The maximum absolute atomic E-state index is 10.6. The van der Waals surface area contributed by atoms with Gasteiger partial charge in [-0.25, -0.2) is 0 Å². The number of halogens is 2. The Kier molecular flexibility index (Phi) is 6.13. The Morgan fingerprint density at radius 3 is 2.03 bits per heavy atom. The molecule has 0 fully saturated rings. The van der Waals surface area contributed by atoms with Gasteiger partial charge >= 0.3 is 0 Å². The fourth-order valence-electron chi connectivity index (χ4n) is 3.40. The van der Waals surface area contributed by atoms with Crippen LogP contribution in [0.4, 0.5) is 0 Å². The number of nitrogens with one attached hydrogen (secondary N) is 1. The third-order valence-electron chi connectivity index (χ3n) is 4.88. The maximum Gasteiger partial charge on any atom is 0.203 e. The first-order valence-corrected chi connectivity index (χ1v) is 10.3. The molecule has 30 heavy (non-hydrogen) atoms. The Hall–Kier alpha value is -2.73. The molecule has 0 unspecified atom stereocenters. The zero-order valence-corrected chi connectivity index (χ0v) is 17.6. The molecular weight excluding hydrogens is 421 g/mol. The molecule has 0 aliphatic rings. The lowest BCUT2D eigenvalue weighted by atomic mass is 10.2. The average Bonchev–Trinajstić information content (AvgIpc) is 3.01. The third kappa shape index (κ3) is 4.54. The average molecular weight is 442 g/mol. The fourth-order valence-corrected chi connectivity index (χ4v) is 3.65. The van der Waals surface area contributed by atoms with Gasteiger partial charge in [0.1, 0.15) is 18.5 Å². The van der Waals surface area contributed by atoms with Crippen LogP contribution in [0.2, 0.25) is 10.0 Å². The molecule has 0 radical (unpaired) electrons. The van der Waals surface area contributed by atoms with Crippen LogP contribution in [0.1, 0.15) is 5.56 Å². The van der Waals surface area contributed by atoms with E-state index in [0.717, 1.165) is 16.6 Å². The van der Waals surface area contributed by atoms with E-state index < -0.39 is 6.10 Å². The van der Waals surface area contributed by atoms with Crippen molar-refractivity contribution < 1.29 is 9.84 Å². The topological polar surface area (TPSA) is 63.2 Å². The highest BCUT2D eigenvalue weighted by molar-refractivity contribution is 6.30. The lowest BCUT2D eigenvalue weighted by molar-refractivity contribution is 0.0921. The van der Waals surface area contributed by atoms with Gasteiger partial charge in [0.15, 0.2) is 0 Å². The van der Waals surface area contributed by atoms with Crippen molar-refractivity contribution in [3.63, 3.8) is 0 Å². The molecule has 0 aliphatic carbocycles. The van der Waals surface area contributed by atoms with Crippen molar-refractivity contribution in [1.29, 1.82) is 5.41 Å². The van der Waals surface area contributed by atoms with Gasteiger partial charge in [0.2, 0.25) is 5.62 Å². The van der Waals surface area contributed by atoms with Gasteiger partial charge < -0.3 is 19.0 Å². The molecule has 1 aromatic heterocycles. The Morgan fingerprint density at radius 2 is 1.40 bits per heavy atom. The summed E-state index contributed by atoms with van der Waals surface area (Å²) < 4.78 is 9.39. The number of aromatic nitrogens is 2. The van der Waals surface area contributed by atoms with E-state index in [1.165, 1.54) is 0 Å². The van der Waals surface area contributed by atoms with Crippen LogP contribution in [-0.4, -0.2) is 27.0 Å². The number of hydrogen-bond donors (Lipinski definition) is 2. The van der Waals surface area contributed by atoms with Gasteiger partial charge in [-0.3, -0.25) is 5.41 Å².